The van der Waals surface area contributed by atoms with Crippen molar-refractivity contribution in [2.24, 2.45) is 19.8 Å². The Morgan fingerprint density at radius 3 is 2.46 bits per heavy atom. The van der Waals surface area contributed by atoms with Crippen LogP contribution in [0.15, 0.2) is 12.3 Å². The van der Waals surface area contributed by atoms with Gasteiger partial charge in [-0.15, -0.1) is 11.3 Å². The number of thiophene rings is 1. The topological polar surface area (TPSA) is 164 Å². The molecule has 0 unspecified atom stereocenters. The van der Waals surface area contributed by atoms with Gasteiger partial charge in [-0.2, -0.15) is 10.2 Å². The number of nitro groups is 1. The van der Waals surface area contributed by atoms with Gasteiger partial charge in [-0.1, -0.05) is 0 Å². The minimum absolute atomic E-state index is 0.0249. The summed E-state index contributed by atoms with van der Waals surface area (Å²) in [6, 6.07) is 1.15. The zero-order valence-electron chi connectivity index (χ0n) is 18.8. The molecule has 0 aliphatic carbocycles. The Hall–Kier alpha value is -4.27. The number of fused-ring (bicyclic) bond motifs is 1. The van der Waals surface area contributed by atoms with Gasteiger partial charge < -0.3 is 11.1 Å². The highest BCUT2D eigenvalue weighted by molar-refractivity contribution is 7.21. The molecule has 0 spiro atoms. The summed E-state index contributed by atoms with van der Waals surface area (Å²) in [7, 11) is 3.09. The lowest BCUT2D eigenvalue weighted by atomic mass is 10.0. The lowest BCUT2D eigenvalue weighted by molar-refractivity contribution is -0.385. The van der Waals surface area contributed by atoms with Crippen molar-refractivity contribution in [2.45, 2.75) is 20.3 Å². The van der Waals surface area contributed by atoms with Gasteiger partial charge in [0.05, 0.1) is 16.3 Å². The monoisotopic (exact) mass is 504 g/mol. The summed E-state index contributed by atoms with van der Waals surface area (Å²) in [5.41, 5.74) is 5.22. The standard InChI is InChI=1S/C20H18F2N8O4S/c1-7-10(6-28(3)26-7)9-5-11(17(21)22)24-20-12(9)13(16(35-20)18(23)31)25-19(32)14-15(30(33)34)8(2)29(4)27-14/h5-6,17H,1-4H3,(H2,23,31)(H,25,32). The first-order chi connectivity index (χ1) is 16.4. The van der Waals surface area contributed by atoms with E-state index in [1.807, 2.05) is 0 Å². The number of hydrogen-bond donors (Lipinski definition) is 2. The van der Waals surface area contributed by atoms with Crippen molar-refractivity contribution in [1.82, 2.24) is 24.5 Å². The molecule has 35 heavy (non-hydrogen) atoms. The van der Waals surface area contributed by atoms with E-state index in [-0.39, 0.29) is 32.0 Å². The summed E-state index contributed by atoms with van der Waals surface area (Å²) in [4.78, 5) is 40.0. The molecule has 3 N–H and O–H groups in total. The maximum Gasteiger partial charge on any atom is 0.322 e. The molecule has 4 aromatic rings. The molecule has 0 aromatic carbocycles. The second-order valence-electron chi connectivity index (χ2n) is 7.67. The summed E-state index contributed by atoms with van der Waals surface area (Å²) >= 11 is 0.721. The van der Waals surface area contributed by atoms with Gasteiger partial charge in [0.2, 0.25) is 5.69 Å². The number of rotatable bonds is 6. The Balaban J connectivity index is 1.99. The molecule has 0 aliphatic rings. The maximum atomic E-state index is 13.6. The Morgan fingerprint density at radius 1 is 1.23 bits per heavy atom. The molecule has 182 valence electrons. The van der Waals surface area contributed by atoms with Crippen LogP contribution in [-0.2, 0) is 14.1 Å². The second kappa shape index (κ2) is 8.50. The van der Waals surface area contributed by atoms with E-state index in [1.165, 1.54) is 23.3 Å². The number of carbonyl (C=O) groups is 2. The summed E-state index contributed by atoms with van der Waals surface area (Å²) in [6.07, 6.45) is -1.31. The van der Waals surface area contributed by atoms with Crippen molar-refractivity contribution in [3.63, 3.8) is 0 Å². The van der Waals surface area contributed by atoms with Gasteiger partial charge in [-0.25, -0.2) is 13.8 Å². The lowest BCUT2D eigenvalue weighted by Crippen LogP contribution is -2.18. The van der Waals surface area contributed by atoms with E-state index < -0.39 is 40.2 Å². The van der Waals surface area contributed by atoms with Crippen LogP contribution in [0.25, 0.3) is 21.3 Å². The minimum atomic E-state index is -2.91. The smallest absolute Gasteiger partial charge is 0.322 e. The van der Waals surface area contributed by atoms with Crippen LogP contribution in [0, 0.1) is 24.0 Å². The molecule has 0 atom stereocenters. The predicted molar refractivity (Wildman–Crippen MR) is 123 cm³/mol. The number of aromatic nitrogens is 5. The van der Waals surface area contributed by atoms with E-state index in [4.69, 9.17) is 5.73 Å². The minimum Gasteiger partial charge on any atom is -0.365 e. The van der Waals surface area contributed by atoms with Crippen molar-refractivity contribution in [3.05, 3.63) is 50.0 Å². The fraction of sp³-hybridized carbons (Fsp3) is 0.250. The summed E-state index contributed by atoms with van der Waals surface area (Å²) in [5, 5.41) is 22.4. The van der Waals surface area contributed by atoms with E-state index in [0.717, 1.165) is 17.4 Å². The predicted octanol–water partition coefficient (Wildman–Crippen LogP) is 3.24. The number of aryl methyl sites for hydroxylation is 3. The van der Waals surface area contributed by atoms with Crippen LogP contribution < -0.4 is 11.1 Å². The van der Waals surface area contributed by atoms with Crippen molar-refractivity contribution < 1.29 is 23.3 Å². The largest absolute Gasteiger partial charge is 0.365 e. The fourth-order valence-electron chi connectivity index (χ4n) is 3.74. The number of nitrogens with one attached hydrogen (secondary N) is 1. The molecule has 4 heterocycles. The number of alkyl halides is 2. The third-order valence-electron chi connectivity index (χ3n) is 5.37. The van der Waals surface area contributed by atoms with Gasteiger partial charge in [0.1, 0.15) is 21.1 Å². The van der Waals surface area contributed by atoms with Crippen LogP contribution in [0.3, 0.4) is 0 Å². The van der Waals surface area contributed by atoms with Crippen LogP contribution in [-0.4, -0.2) is 41.3 Å². The molecular weight excluding hydrogens is 486 g/mol. The molecular formula is C20H18F2N8O4S. The van der Waals surface area contributed by atoms with Crippen LogP contribution in [0.5, 0.6) is 0 Å². The van der Waals surface area contributed by atoms with Crippen molar-refractivity contribution in [3.8, 4) is 11.1 Å². The first-order valence-corrected chi connectivity index (χ1v) is 10.8. The fourth-order valence-corrected chi connectivity index (χ4v) is 4.75. The molecule has 0 radical (unpaired) electrons. The molecule has 0 bridgehead atoms. The number of nitrogens with two attached hydrogens (primary N) is 1. The van der Waals surface area contributed by atoms with E-state index in [9.17, 15) is 28.5 Å². The third-order valence-corrected chi connectivity index (χ3v) is 6.47. The number of nitrogens with zero attached hydrogens (tertiary/aromatic N) is 6. The summed E-state index contributed by atoms with van der Waals surface area (Å²) in [5.74, 6) is -1.92. The van der Waals surface area contributed by atoms with Gasteiger partial charge >= 0.3 is 5.69 Å². The molecule has 4 rings (SSSR count). The van der Waals surface area contributed by atoms with Crippen molar-refractivity contribution in [1.29, 1.82) is 0 Å². The second-order valence-corrected chi connectivity index (χ2v) is 8.66. The average Bonchev–Trinajstić information content (AvgIpc) is 3.40. The molecule has 12 nitrogen and oxygen atoms in total. The van der Waals surface area contributed by atoms with Gasteiger partial charge in [0.25, 0.3) is 18.2 Å². The molecule has 15 heteroatoms. The number of primary amides is 1. The quantitative estimate of drug-likeness (QED) is 0.300. The summed E-state index contributed by atoms with van der Waals surface area (Å²) < 4.78 is 29.9. The third kappa shape index (κ3) is 3.99. The van der Waals surface area contributed by atoms with Crippen LogP contribution in [0.4, 0.5) is 20.2 Å². The van der Waals surface area contributed by atoms with Gasteiger partial charge in [-0.3, -0.25) is 29.1 Å². The number of halogens is 2. The van der Waals surface area contributed by atoms with E-state index >= 15 is 0 Å². The molecule has 0 fully saturated rings. The van der Waals surface area contributed by atoms with E-state index in [1.54, 1.807) is 20.2 Å². The highest BCUT2D eigenvalue weighted by Crippen LogP contribution is 2.43. The van der Waals surface area contributed by atoms with Gasteiger partial charge in [0, 0.05) is 31.2 Å². The normalized spacial score (nSPS) is 11.4. The van der Waals surface area contributed by atoms with Crippen LogP contribution in [0.2, 0.25) is 0 Å². The summed E-state index contributed by atoms with van der Waals surface area (Å²) in [6.45, 7) is 3.10. The Bertz CT molecular complexity index is 1540. The number of carbonyl (C=O) groups excluding carboxylic acids is 2. The highest BCUT2D eigenvalue weighted by Gasteiger charge is 2.32. The highest BCUT2D eigenvalue weighted by atomic mass is 32.1. The van der Waals surface area contributed by atoms with Crippen LogP contribution in [0.1, 0.15) is 43.7 Å². The van der Waals surface area contributed by atoms with E-state index in [2.05, 4.69) is 20.5 Å². The zero-order valence-corrected chi connectivity index (χ0v) is 19.6. The molecule has 0 aliphatic heterocycles. The number of amides is 2. The maximum absolute atomic E-state index is 13.6. The number of hydrogen-bond acceptors (Lipinski definition) is 8. The first-order valence-electron chi connectivity index (χ1n) is 9.96. The van der Waals surface area contributed by atoms with Crippen molar-refractivity contribution >= 4 is 44.7 Å². The molecule has 0 saturated carbocycles. The van der Waals surface area contributed by atoms with E-state index in [0.29, 0.717) is 11.3 Å². The SMILES string of the molecule is Cc1nn(C)cc1-c1cc(C(F)F)nc2sc(C(N)=O)c(NC(=O)c3nn(C)c(C)c3[N+](=O)[O-])c12. The van der Waals surface area contributed by atoms with Crippen LogP contribution >= 0.6 is 11.3 Å². The zero-order chi connectivity index (χ0) is 25.8. The lowest BCUT2D eigenvalue weighted by Gasteiger charge is -2.10. The Kier molecular flexibility index (Phi) is 5.80. The Morgan fingerprint density at radius 2 is 1.91 bits per heavy atom. The molecule has 2 amide bonds. The Labute approximate surface area is 199 Å². The number of anilines is 1. The van der Waals surface area contributed by atoms with Gasteiger partial charge in [-0.05, 0) is 25.5 Å². The van der Waals surface area contributed by atoms with Crippen molar-refractivity contribution in [2.75, 3.05) is 5.32 Å². The molecule has 0 saturated heterocycles. The first kappa shape index (κ1) is 23.9. The average molecular weight is 504 g/mol. The van der Waals surface area contributed by atoms with Gasteiger partial charge in [0.15, 0.2) is 0 Å². The molecule has 4 aromatic heterocycles. The number of pyridine rings is 1.